The molecule has 0 spiro atoms. The van der Waals surface area contributed by atoms with Crippen LogP contribution in [0.3, 0.4) is 0 Å². The first-order valence-electron chi connectivity index (χ1n) is 10.7. The van der Waals surface area contributed by atoms with Gasteiger partial charge < -0.3 is 10.2 Å². The van der Waals surface area contributed by atoms with Crippen LogP contribution in [0.1, 0.15) is 47.7 Å². The van der Waals surface area contributed by atoms with E-state index in [0.29, 0.717) is 24.6 Å². The molecule has 0 bridgehead atoms. The summed E-state index contributed by atoms with van der Waals surface area (Å²) < 4.78 is 0. The van der Waals surface area contributed by atoms with Crippen LogP contribution in [0.15, 0.2) is 60.7 Å². The zero-order valence-electron chi connectivity index (χ0n) is 16.9. The molecule has 1 aliphatic heterocycles. The van der Waals surface area contributed by atoms with Crippen molar-refractivity contribution < 1.29 is 9.59 Å². The number of benzene rings is 2. The number of para-hydroxylation sites is 2. The fourth-order valence-corrected chi connectivity index (χ4v) is 4.27. The molecule has 1 saturated carbocycles. The second kappa shape index (κ2) is 7.90. The monoisotopic (exact) mass is 399 g/mol. The highest BCUT2D eigenvalue weighted by molar-refractivity contribution is 6.06. The number of carbonyl (C=O) groups excluding carboxylic acids is 2. The van der Waals surface area contributed by atoms with Gasteiger partial charge in [-0.05, 0) is 49.9 Å². The zero-order chi connectivity index (χ0) is 20.5. The van der Waals surface area contributed by atoms with Crippen molar-refractivity contribution in [3.05, 3.63) is 71.9 Å². The van der Waals surface area contributed by atoms with Gasteiger partial charge in [0.05, 0.1) is 17.0 Å². The number of carbonyl (C=O) groups is 2. The number of fused-ring (bicyclic) bond motifs is 1. The molecule has 2 aliphatic rings. The van der Waals surface area contributed by atoms with Crippen molar-refractivity contribution >= 4 is 28.4 Å². The summed E-state index contributed by atoms with van der Waals surface area (Å²) >= 11 is 0. The summed E-state index contributed by atoms with van der Waals surface area (Å²) in [5.41, 5.74) is 3.40. The van der Waals surface area contributed by atoms with Crippen LogP contribution in [0, 0.1) is 5.92 Å². The van der Waals surface area contributed by atoms with E-state index in [9.17, 15) is 9.59 Å². The Morgan fingerprint density at radius 2 is 1.73 bits per heavy atom. The number of hydrogen-bond donors (Lipinski definition) is 1. The standard InChI is InChI=1S/C25H25N3O2/c29-24(26-19-8-2-1-3-9-19)18-7-6-14-28(16-18)25(30)21-15-23(17-12-13-17)27-22-11-5-4-10-20(21)22/h1-5,8-11,15,17-18H,6-7,12-14,16H2,(H,26,29)/t18-/m1/s1. The predicted molar refractivity (Wildman–Crippen MR) is 117 cm³/mol. The first kappa shape index (κ1) is 18.8. The summed E-state index contributed by atoms with van der Waals surface area (Å²) in [6.45, 7) is 1.14. The molecule has 2 aromatic carbocycles. The minimum atomic E-state index is -0.195. The average Bonchev–Trinajstić information content (AvgIpc) is 3.64. The number of likely N-dealkylation sites (tertiary alicyclic amines) is 1. The van der Waals surface area contributed by atoms with Crippen LogP contribution in [0.25, 0.3) is 10.9 Å². The summed E-state index contributed by atoms with van der Waals surface area (Å²) in [5, 5.41) is 3.88. The van der Waals surface area contributed by atoms with Gasteiger partial charge in [-0.3, -0.25) is 14.6 Å². The first-order valence-corrected chi connectivity index (χ1v) is 10.7. The smallest absolute Gasteiger partial charge is 0.254 e. The summed E-state index contributed by atoms with van der Waals surface area (Å²) in [7, 11) is 0. The lowest BCUT2D eigenvalue weighted by Gasteiger charge is -2.32. The Balaban J connectivity index is 1.38. The summed E-state index contributed by atoms with van der Waals surface area (Å²) in [6.07, 6.45) is 3.92. The van der Waals surface area contributed by atoms with E-state index >= 15 is 0 Å². The molecule has 1 aromatic heterocycles. The second-order valence-electron chi connectivity index (χ2n) is 8.33. The fourth-order valence-electron chi connectivity index (χ4n) is 4.27. The number of hydrogen-bond acceptors (Lipinski definition) is 3. The van der Waals surface area contributed by atoms with Gasteiger partial charge in [0, 0.05) is 35.8 Å². The topological polar surface area (TPSA) is 62.3 Å². The third-order valence-electron chi connectivity index (χ3n) is 6.08. The van der Waals surface area contributed by atoms with E-state index in [1.54, 1.807) is 0 Å². The van der Waals surface area contributed by atoms with E-state index in [1.165, 1.54) is 0 Å². The number of aromatic nitrogens is 1. The molecule has 152 valence electrons. The molecule has 30 heavy (non-hydrogen) atoms. The lowest BCUT2D eigenvalue weighted by atomic mass is 9.95. The Kier molecular flexibility index (Phi) is 4.95. The van der Waals surface area contributed by atoms with E-state index in [0.717, 1.165) is 48.0 Å². The van der Waals surface area contributed by atoms with Crippen LogP contribution >= 0.6 is 0 Å². The van der Waals surface area contributed by atoms with Crippen molar-refractivity contribution in [3.8, 4) is 0 Å². The molecule has 2 heterocycles. The average molecular weight is 399 g/mol. The number of rotatable bonds is 4. The number of piperidine rings is 1. The quantitative estimate of drug-likeness (QED) is 0.697. The fraction of sp³-hybridized carbons (Fsp3) is 0.320. The van der Waals surface area contributed by atoms with Crippen molar-refractivity contribution in [2.75, 3.05) is 18.4 Å². The molecular formula is C25H25N3O2. The van der Waals surface area contributed by atoms with Gasteiger partial charge in [0.2, 0.25) is 5.91 Å². The van der Waals surface area contributed by atoms with Crippen LogP contribution in [-0.4, -0.2) is 34.8 Å². The van der Waals surface area contributed by atoms with Crippen LogP contribution in [0.5, 0.6) is 0 Å². The SMILES string of the molecule is O=C(Nc1ccccc1)[C@@H]1CCCN(C(=O)c2cc(C3CC3)nc3ccccc23)C1. The Morgan fingerprint density at radius 3 is 2.53 bits per heavy atom. The number of amides is 2. The second-order valence-corrected chi connectivity index (χ2v) is 8.33. The van der Waals surface area contributed by atoms with Crippen molar-refractivity contribution in [2.45, 2.75) is 31.6 Å². The maximum absolute atomic E-state index is 13.5. The Labute approximate surface area is 176 Å². The minimum absolute atomic E-state index is 0.00714. The lowest BCUT2D eigenvalue weighted by Crippen LogP contribution is -2.43. The van der Waals surface area contributed by atoms with E-state index < -0.39 is 0 Å². The van der Waals surface area contributed by atoms with Crippen LogP contribution < -0.4 is 5.32 Å². The predicted octanol–water partition coefficient (Wildman–Crippen LogP) is 4.60. The lowest BCUT2D eigenvalue weighted by molar-refractivity contribution is -0.121. The third-order valence-corrected chi connectivity index (χ3v) is 6.08. The first-order chi connectivity index (χ1) is 14.7. The van der Waals surface area contributed by atoms with E-state index in [-0.39, 0.29) is 17.7 Å². The van der Waals surface area contributed by atoms with Gasteiger partial charge in [-0.1, -0.05) is 36.4 Å². The third kappa shape index (κ3) is 3.80. The zero-order valence-corrected chi connectivity index (χ0v) is 16.9. The molecule has 1 atom stereocenters. The highest BCUT2D eigenvalue weighted by Gasteiger charge is 2.31. The van der Waals surface area contributed by atoms with Crippen LogP contribution in [0.4, 0.5) is 5.69 Å². The number of pyridine rings is 1. The maximum Gasteiger partial charge on any atom is 0.254 e. The Morgan fingerprint density at radius 1 is 0.967 bits per heavy atom. The molecule has 5 heteroatoms. The largest absolute Gasteiger partial charge is 0.338 e. The number of nitrogens with one attached hydrogen (secondary N) is 1. The van der Waals surface area contributed by atoms with E-state index in [1.807, 2.05) is 65.6 Å². The van der Waals surface area contributed by atoms with E-state index in [4.69, 9.17) is 4.98 Å². The molecule has 0 radical (unpaired) electrons. The van der Waals surface area contributed by atoms with Gasteiger partial charge >= 0.3 is 0 Å². The Hall–Kier alpha value is -3.21. The highest BCUT2D eigenvalue weighted by atomic mass is 16.2. The summed E-state index contributed by atoms with van der Waals surface area (Å²) in [5.74, 6) is 0.274. The van der Waals surface area contributed by atoms with Gasteiger partial charge in [-0.15, -0.1) is 0 Å². The van der Waals surface area contributed by atoms with Crippen molar-refractivity contribution in [1.82, 2.24) is 9.88 Å². The molecule has 3 aromatic rings. The summed E-state index contributed by atoms with van der Waals surface area (Å²) in [6, 6.07) is 19.3. The molecule has 0 unspecified atom stereocenters. The van der Waals surface area contributed by atoms with Gasteiger partial charge in [-0.2, -0.15) is 0 Å². The molecule has 1 N–H and O–H groups in total. The summed E-state index contributed by atoms with van der Waals surface area (Å²) in [4.78, 5) is 32.9. The van der Waals surface area contributed by atoms with Gasteiger partial charge in [0.1, 0.15) is 0 Å². The maximum atomic E-state index is 13.5. The highest BCUT2D eigenvalue weighted by Crippen LogP contribution is 2.40. The van der Waals surface area contributed by atoms with Gasteiger partial charge in [0.15, 0.2) is 0 Å². The van der Waals surface area contributed by atoms with Gasteiger partial charge in [0.25, 0.3) is 5.91 Å². The molecular weight excluding hydrogens is 374 g/mol. The normalized spacial score (nSPS) is 18.9. The Bertz CT molecular complexity index is 1090. The van der Waals surface area contributed by atoms with Crippen molar-refractivity contribution in [3.63, 3.8) is 0 Å². The van der Waals surface area contributed by atoms with Crippen LogP contribution in [0.2, 0.25) is 0 Å². The van der Waals surface area contributed by atoms with E-state index in [2.05, 4.69) is 5.32 Å². The van der Waals surface area contributed by atoms with Crippen molar-refractivity contribution in [1.29, 1.82) is 0 Å². The number of nitrogens with zero attached hydrogens (tertiary/aromatic N) is 2. The molecule has 5 nitrogen and oxygen atoms in total. The molecule has 2 amide bonds. The molecule has 1 aliphatic carbocycles. The molecule has 5 rings (SSSR count). The number of anilines is 1. The van der Waals surface area contributed by atoms with Gasteiger partial charge in [-0.25, -0.2) is 0 Å². The molecule has 2 fully saturated rings. The minimum Gasteiger partial charge on any atom is -0.338 e. The molecule has 1 saturated heterocycles. The van der Waals surface area contributed by atoms with Crippen LogP contribution in [-0.2, 0) is 4.79 Å². The van der Waals surface area contributed by atoms with Crippen molar-refractivity contribution in [2.24, 2.45) is 5.92 Å².